The Balaban J connectivity index is 3.02. The van der Waals surface area contributed by atoms with E-state index in [9.17, 15) is 5.11 Å². The smallest absolute Gasteiger partial charge is 0.137 e. The molecule has 1 N–H and O–H groups in total. The van der Waals surface area contributed by atoms with Crippen molar-refractivity contribution < 1.29 is 9.59 Å². The van der Waals surface area contributed by atoms with Crippen LogP contribution in [0.4, 0.5) is 0 Å². The molecule has 0 fully saturated rings. The minimum absolute atomic E-state index is 0.192. The molecule has 0 aliphatic heterocycles. The number of hydrogen-bond acceptors (Lipinski definition) is 1. The number of rotatable bonds is 2. The van der Waals surface area contributed by atoms with Crippen LogP contribution in [0, 0.1) is 6.92 Å². The van der Waals surface area contributed by atoms with Crippen LogP contribution in [0.5, 0.6) is 5.75 Å². The number of aryl methyl sites for hydroxylation is 1. The lowest BCUT2D eigenvalue weighted by molar-refractivity contribution is -0.884. The molecule has 0 atom stereocenters. The first-order chi connectivity index (χ1) is 6.29. The largest absolute Gasteiger partial charge is 0.506 e. The number of halogens is 1. The maximum absolute atomic E-state index is 9.49. The number of hydrogen-bond donors (Lipinski definition) is 1. The molecule has 0 heterocycles. The van der Waals surface area contributed by atoms with Crippen molar-refractivity contribution in [1.29, 1.82) is 0 Å². The van der Waals surface area contributed by atoms with Gasteiger partial charge in [0.05, 0.1) is 26.2 Å². The molecule has 1 aromatic rings. The highest BCUT2D eigenvalue weighted by molar-refractivity contribution is 6.32. The van der Waals surface area contributed by atoms with Gasteiger partial charge in [-0.2, -0.15) is 0 Å². The van der Waals surface area contributed by atoms with E-state index < -0.39 is 0 Å². The van der Waals surface area contributed by atoms with Crippen molar-refractivity contribution in [3.63, 3.8) is 0 Å². The quantitative estimate of drug-likeness (QED) is 0.751. The summed E-state index contributed by atoms with van der Waals surface area (Å²) in [5, 5.41) is 9.93. The fourth-order valence-corrected chi connectivity index (χ4v) is 1.74. The Labute approximate surface area is 90.3 Å². The summed E-state index contributed by atoms with van der Waals surface area (Å²) < 4.78 is 0.848. The molecular weight excluding hydrogens is 198 g/mol. The van der Waals surface area contributed by atoms with Gasteiger partial charge in [-0.25, -0.2) is 0 Å². The van der Waals surface area contributed by atoms with Crippen LogP contribution in [0.15, 0.2) is 12.1 Å². The van der Waals surface area contributed by atoms with Gasteiger partial charge in [0.2, 0.25) is 0 Å². The molecule has 1 rings (SSSR count). The zero-order valence-corrected chi connectivity index (χ0v) is 9.89. The van der Waals surface area contributed by atoms with E-state index in [2.05, 4.69) is 21.1 Å². The van der Waals surface area contributed by atoms with Crippen LogP contribution in [-0.4, -0.2) is 30.7 Å². The average Bonchev–Trinajstić information content (AvgIpc) is 1.96. The Hall–Kier alpha value is -0.730. The van der Waals surface area contributed by atoms with Gasteiger partial charge in [-0.15, -0.1) is 0 Å². The second-order valence-corrected chi connectivity index (χ2v) is 5.10. The van der Waals surface area contributed by atoms with Crippen LogP contribution >= 0.6 is 11.6 Å². The lowest BCUT2D eigenvalue weighted by Gasteiger charge is -2.24. The zero-order chi connectivity index (χ0) is 10.9. The third-order valence-corrected chi connectivity index (χ3v) is 2.26. The number of phenolic OH excluding ortho intramolecular Hbond substituents is 1. The third kappa shape index (κ3) is 2.89. The Morgan fingerprint density at radius 3 is 2.29 bits per heavy atom. The van der Waals surface area contributed by atoms with Gasteiger partial charge in [0.15, 0.2) is 0 Å². The van der Waals surface area contributed by atoms with Gasteiger partial charge in [0.1, 0.15) is 12.3 Å². The van der Waals surface area contributed by atoms with Crippen molar-refractivity contribution in [2.45, 2.75) is 13.5 Å². The first kappa shape index (κ1) is 11.3. The lowest BCUT2D eigenvalue weighted by atomic mass is 10.1. The van der Waals surface area contributed by atoms with Crippen molar-refractivity contribution in [1.82, 2.24) is 0 Å². The molecule has 0 spiro atoms. The molecule has 0 bridgehead atoms. The molecule has 0 amide bonds. The summed E-state index contributed by atoms with van der Waals surface area (Å²) in [5.41, 5.74) is 1.98. The highest BCUT2D eigenvalue weighted by Crippen LogP contribution is 2.28. The normalized spacial score (nSPS) is 11.8. The molecular formula is C11H17ClNO+. The van der Waals surface area contributed by atoms with Crippen molar-refractivity contribution >= 4 is 11.6 Å². The summed E-state index contributed by atoms with van der Waals surface area (Å²) in [6.45, 7) is 2.77. The van der Waals surface area contributed by atoms with Gasteiger partial charge in [0, 0.05) is 5.56 Å². The fraction of sp³-hybridized carbons (Fsp3) is 0.455. The van der Waals surface area contributed by atoms with E-state index in [0.717, 1.165) is 22.2 Å². The number of aromatic hydroxyl groups is 1. The number of quaternary nitrogens is 1. The predicted octanol–water partition coefficient (Wildman–Crippen LogP) is 2.56. The van der Waals surface area contributed by atoms with Gasteiger partial charge >= 0.3 is 0 Å². The van der Waals surface area contributed by atoms with E-state index >= 15 is 0 Å². The third-order valence-electron chi connectivity index (χ3n) is 1.97. The first-order valence-electron chi connectivity index (χ1n) is 4.58. The minimum atomic E-state index is 0.192. The summed E-state index contributed by atoms with van der Waals surface area (Å²) in [6, 6.07) is 3.80. The first-order valence-corrected chi connectivity index (χ1v) is 4.96. The van der Waals surface area contributed by atoms with Gasteiger partial charge in [-0.05, 0) is 24.6 Å². The molecule has 2 nitrogen and oxygen atoms in total. The zero-order valence-electron chi connectivity index (χ0n) is 9.13. The van der Waals surface area contributed by atoms with Crippen molar-refractivity contribution in [2.24, 2.45) is 0 Å². The minimum Gasteiger partial charge on any atom is -0.506 e. The molecule has 0 saturated carbocycles. The number of phenols is 1. The molecule has 0 aliphatic carbocycles. The van der Waals surface area contributed by atoms with Crippen LogP contribution in [0.2, 0.25) is 5.02 Å². The Kier molecular flexibility index (Phi) is 3.07. The standard InChI is InChI=1S/C11H16ClNO/c1-8-5-9(7-13(2,3)4)6-10(12)11(8)14/h5-6H,7H2,1-4H3/p+1. The average molecular weight is 215 g/mol. The SMILES string of the molecule is Cc1cc(C[N+](C)(C)C)cc(Cl)c1O. The molecule has 14 heavy (non-hydrogen) atoms. The molecule has 0 aromatic heterocycles. The molecule has 0 aliphatic rings. The topological polar surface area (TPSA) is 20.2 Å². The maximum atomic E-state index is 9.49. The van der Waals surface area contributed by atoms with Crippen LogP contribution < -0.4 is 0 Å². The molecule has 0 unspecified atom stereocenters. The molecule has 78 valence electrons. The monoisotopic (exact) mass is 214 g/mol. The van der Waals surface area contributed by atoms with E-state index in [1.807, 2.05) is 19.1 Å². The predicted molar refractivity (Wildman–Crippen MR) is 59.6 cm³/mol. The van der Waals surface area contributed by atoms with E-state index in [1.165, 1.54) is 0 Å². The molecule has 0 radical (unpaired) electrons. The van der Waals surface area contributed by atoms with Crippen molar-refractivity contribution in [3.8, 4) is 5.75 Å². The van der Waals surface area contributed by atoms with Crippen LogP contribution in [0.25, 0.3) is 0 Å². The second-order valence-electron chi connectivity index (χ2n) is 4.69. The Bertz CT molecular complexity index is 319. The summed E-state index contributed by atoms with van der Waals surface area (Å²) in [4.78, 5) is 0. The molecule has 0 saturated heterocycles. The lowest BCUT2D eigenvalue weighted by Crippen LogP contribution is -2.33. The second kappa shape index (κ2) is 3.79. The van der Waals surface area contributed by atoms with Crippen LogP contribution in [-0.2, 0) is 6.54 Å². The molecule has 1 aromatic carbocycles. The Morgan fingerprint density at radius 2 is 1.86 bits per heavy atom. The van der Waals surface area contributed by atoms with Crippen molar-refractivity contribution in [3.05, 3.63) is 28.3 Å². The van der Waals surface area contributed by atoms with Gasteiger partial charge in [0.25, 0.3) is 0 Å². The number of benzene rings is 1. The van der Waals surface area contributed by atoms with Crippen molar-refractivity contribution in [2.75, 3.05) is 21.1 Å². The number of nitrogens with zero attached hydrogens (tertiary/aromatic N) is 1. The van der Waals surface area contributed by atoms with E-state index in [1.54, 1.807) is 0 Å². The van der Waals surface area contributed by atoms with Crippen LogP contribution in [0.3, 0.4) is 0 Å². The van der Waals surface area contributed by atoms with E-state index in [4.69, 9.17) is 11.6 Å². The van der Waals surface area contributed by atoms with Gasteiger partial charge in [-0.3, -0.25) is 0 Å². The summed E-state index contributed by atoms with van der Waals surface area (Å²) in [5.74, 6) is 0.192. The van der Waals surface area contributed by atoms with Gasteiger partial charge in [-0.1, -0.05) is 11.6 Å². The Morgan fingerprint density at radius 1 is 1.29 bits per heavy atom. The fourth-order valence-electron chi connectivity index (χ4n) is 1.45. The highest BCUT2D eigenvalue weighted by atomic mass is 35.5. The summed E-state index contributed by atoms with van der Waals surface area (Å²) in [6.07, 6.45) is 0. The van der Waals surface area contributed by atoms with E-state index in [-0.39, 0.29) is 5.75 Å². The molecule has 3 heteroatoms. The van der Waals surface area contributed by atoms with Gasteiger partial charge < -0.3 is 9.59 Å². The maximum Gasteiger partial charge on any atom is 0.137 e. The summed E-state index contributed by atoms with van der Waals surface area (Å²) in [7, 11) is 6.36. The van der Waals surface area contributed by atoms with Crippen LogP contribution in [0.1, 0.15) is 11.1 Å². The highest BCUT2D eigenvalue weighted by Gasteiger charge is 2.11. The summed E-state index contributed by atoms with van der Waals surface area (Å²) >= 11 is 5.89. The van der Waals surface area contributed by atoms with E-state index in [0.29, 0.717) is 5.02 Å².